The van der Waals surface area contributed by atoms with Gasteiger partial charge < -0.3 is 39.7 Å². The molecule has 207 valence electrons. The molecular formula is C34H32Cl4Zr2-3. The van der Waals surface area contributed by atoms with Crippen LogP contribution in [0.4, 0.5) is 0 Å². The van der Waals surface area contributed by atoms with Crippen molar-refractivity contribution in [2.24, 2.45) is 0 Å². The maximum atomic E-state index is 4.93. The monoisotopic (exact) mass is 760 g/mol. The minimum absolute atomic E-state index is 0. The number of rotatable bonds is 1. The molecule has 1 radical (unpaired) electrons. The molecule has 2 unspecified atom stereocenters. The van der Waals surface area contributed by atoms with Crippen molar-refractivity contribution in [3.05, 3.63) is 165 Å². The van der Waals surface area contributed by atoms with Crippen molar-refractivity contribution in [2.75, 3.05) is 0 Å². The second-order valence-corrected chi connectivity index (χ2v) is 12.0. The Hall–Kier alpha value is -0.844. The zero-order valence-electron chi connectivity index (χ0n) is 22.6. The van der Waals surface area contributed by atoms with Gasteiger partial charge in [-0.25, -0.2) is 12.2 Å². The van der Waals surface area contributed by atoms with Crippen molar-refractivity contribution < 1.29 is 71.9 Å². The summed E-state index contributed by atoms with van der Waals surface area (Å²) < 4.78 is 0. The molecule has 0 N–H and O–H groups in total. The van der Waals surface area contributed by atoms with Crippen LogP contribution >= 0.6 is 17.0 Å². The molecule has 0 nitrogen and oxygen atoms in total. The first-order valence-corrected chi connectivity index (χ1v) is 18.0. The molecule has 0 saturated carbocycles. The van der Waals surface area contributed by atoms with Gasteiger partial charge in [0.2, 0.25) is 0 Å². The van der Waals surface area contributed by atoms with Gasteiger partial charge in [-0.3, -0.25) is 6.08 Å². The standard InChI is InChI=1S/C18H14.C9H7.C5H5.2CH3.4ClH.2Zr/c1-3-7-15-13(5-1)9-11-17(15)18-12-10-14-6-2-4-8-16(14)18;1-2-5-9-7-3-6-8(9)4-1;1-2-4-5-3-1;;;;;;;;/h1-12,17-18H;1-7H;1-3H,4H2;2*1H3;4*1H;;/q;4*-1;;;;;+2;+3/p-4. The van der Waals surface area contributed by atoms with Crippen LogP contribution in [-0.4, -0.2) is 0 Å². The summed E-state index contributed by atoms with van der Waals surface area (Å²) in [4.78, 5) is 0. The van der Waals surface area contributed by atoms with Gasteiger partial charge >= 0.3 is 64.1 Å². The molecule has 0 fully saturated rings. The molecule has 2 atom stereocenters. The quantitative estimate of drug-likeness (QED) is 0.246. The van der Waals surface area contributed by atoms with E-state index in [4.69, 9.17) is 17.0 Å². The van der Waals surface area contributed by atoms with Crippen LogP contribution in [0.25, 0.3) is 22.9 Å². The van der Waals surface area contributed by atoms with Crippen LogP contribution in [0.3, 0.4) is 0 Å². The van der Waals surface area contributed by atoms with Crippen LogP contribution in [0.15, 0.2) is 121 Å². The van der Waals surface area contributed by atoms with Crippen molar-refractivity contribution >= 4 is 40.0 Å². The maximum Gasteiger partial charge on any atom is 3.00 e. The molecule has 0 aliphatic heterocycles. The van der Waals surface area contributed by atoms with Crippen molar-refractivity contribution in [2.45, 2.75) is 18.3 Å². The molecule has 4 aromatic carbocycles. The Bertz CT molecular complexity index is 1260. The average Bonchev–Trinajstić information content (AvgIpc) is 3.71. The molecule has 0 spiro atoms. The van der Waals surface area contributed by atoms with Gasteiger partial charge in [0, 0.05) is 11.8 Å². The van der Waals surface area contributed by atoms with E-state index in [0.29, 0.717) is 11.8 Å². The third-order valence-electron chi connectivity index (χ3n) is 6.20. The second kappa shape index (κ2) is 22.7. The summed E-state index contributed by atoms with van der Waals surface area (Å²) in [6, 6.07) is 32.1. The molecule has 0 heterocycles. The van der Waals surface area contributed by atoms with Gasteiger partial charge in [0.15, 0.2) is 0 Å². The van der Waals surface area contributed by atoms with Gasteiger partial charge in [-0.15, -0.1) is 36.1 Å². The fourth-order valence-electron chi connectivity index (χ4n) is 4.59. The number of hydrogen-bond acceptors (Lipinski definition) is 0. The summed E-state index contributed by atoms with van der Waals surface area (Å²) in [5, 5.41) is 2.66. The Morgan fingerprint density at radius 2 is 1.23 bits per heavy atom. The van der Waals surface area contributed by atoms with Crippen LogP contribution in [-0.2, 0) is 47.1 Å². The smallest absolute Gasteiger partial charge is 0.168 e. The minimum atomic E-state index is -0.826. The second-order valence-electron chi connectivity index (χ2n) is 8.26. The van der Waals surface area contributed by atoms with Gasteiger partial charge in [0.1, 0.15) is 0 Å². The van der Waals surface area contributed by atoms with E-state index in [1.54, 1.807) is 0 Å². The number of benzene rings is 3. The van der Waals surface area contributed by atoms with Crippen LogP contribution in [0.1, 0.15) is 40.5 Å². The fraction of sp³-hybridized carbons (Fsp3) is 0.0882. The normalized spacial score (nSPS) is 15.2. The van der Waals surface area contributed by atoms with Crippen molar-refractivity contribution in [3.8, 4) is 0 Å². The van der Waals surface area contributed by atoms with Crippen molar-refractivity contribution in [1.29, 1.82) is 0 Å². The largest absolute Gasteiger partial charge is 3.00 e. The van der Waals surface area contributed by atoms with E-state index in [9.17, 15) is 0 Å². The Morgan fingerprint density at radius 1 is 0.725 bits per heavy atom. The predicted octanol–water partition coefficient (Wildman–Crippen LogP) is 4.75. The van der Waals surface area contributed by atoms with Gasteiger partial charge in [-0.1, -0.05) is 78.9 Å². The molecule has 0 amide bonds. The van der Waals surface area contributed by atoms with Crippen molar-refractivity contribution in [3.63, 3.8) is 0 Å². The molecule has 4 aromatic rings. The van der Waals surface area contributed by atoms with Crippen LogP contribution in [0.2, 0.25) is 0 Å². The summed E-state index contributed by atoms with van der Waals surface area (Å²) in [5.41, 5.74) is 5.67. The molecule has 6 heteroatoms. The van der Waals surface area contributed by atoms with E-state index < -0.39 is 20.8 Å². The molecular weight excluding hydrogens is 733 g/mol. The summed E-state index contributed by atoms with van der Waals surface area (Å²) in [6.07, 6.45) is 19.2. The first-order valence-electron chi connectivity index (χ1n) is 11.6. The number of halogens is 4. The minimum Gasteiger partial charge on any atom is -0.168 e. The van der Waals surface area contributed by atoms with E-state index in [1.165, 1.54) is 33.0 Å². The van der Waals surface area contributed by atoms with E-state index in [2.05, 4.69) is 127 Å². The SMILES string of the molecule is C1=CC(C2C=Cc3ccccc32)c2ccccc21.[C-]1=CC=CC1.[CH3-].[CH3-].[Cl-].[Cl-].[Cl][Zr][Cl].[Zr+3].c1ccc2[cH-]ccc2c1. The third-order valence-corrected chi connectivity index (χ3v) is 6.20. The Balaban J connectivity index is 0. The van der Waals surface area contributed by atoms with Gasteiger partial charge in [0.25, 0.3) is 0 Å². The topological polar surface area (TPSA) is 0 Å². The van der Waals surface area contributed by atoms with Crippen LogP contribution in [0.5, 0.6) is 0 Å². The molecule has 3 aliphatic rings. The Labute approximate surface area is 291 Å². The summed E-state index contributed by atoms with van der Waals surface area (Å²) >= 11 is -0.826. The molecule has 0 saturated heterocycles. The zero-order valence-corrected chi connectivity index (χ0v) is 30.5. The molecule has 0 aromatic heterocycles. The van der Waals surface area contributed by atoms with E-state index in [-0.39, 0.29) is 65.9 Å². The number of hydrogen-bond donors (Lipinski definition) is 0. The molecule has 7 rings (SSSR count). The Kier molecular flexibility index (Phi) is 23.4. The molecule has 0 bridgehead atoms. The van der Waals surface area contributed by atoms with Gasteiger partial charge in [-0.2, -0.15) is 23.6 Å². The van der Waals surface area contributed by atoms with Gasteiger partial charge in [-0.05, 0) is 22.3 Å². The average molecular weight is 765 g/mol. The van der Waals surface area contributed by atoms with Crippen molar-refractivity contribution in [1.82, 2.24) is 0 Å². The number of fused-ring (bicyclic) bond motifs is 3. The summed E-state index contributed by atoms with van der Waals surface area (Å²) in [6.45, 7) is 0. The van der Waals surface area contributed by atoms with Gasteiger partial charge in [0.05, 0.1) is 0 Å². The first-order chi connectivity index (χ1) is 17.3. The maximum absolute atomic E-state index is 4.93. The zero-order chi connectivity index (χ0) is 24.3. The first kappa shape index (κ1) is 41.3. The summed E-state index contributed by atoms with van der Waals surface area (Å²) in [7, 11) is 9.87. The Morgan fingerprint density at radius 3 is 1.68 bits per heavy atom. The fourth-order valence-corrected chi connectivity index (χ4v) is 4.59. The van der Waals surface area contributed by atoms with E-state index in [1.807, 2.05) is 12.2 Å². The third kappa shape index (κ3) is 11.4. The van der Waals surface area contributed by atoms with Crippen LogP contribution in [0, 0.1) is 20.9 Å². The van der Waals surface area contributed by atoms with Crippen LogP contribution < -0.4 is 24.8 Å². The summed E-state index contributed by atoms with van der Waals surface area (Å²) in [5.74, 6) is 1.00. The van der Waals surface area contributed by atoms with E-state index in [0.717, 1.165) is 6.42 Å². The van der Waals surface area contributed by atoms with E-state index >= 15 is 0 Å². The molecule has 3 aliphatic carbocycles. The predicted molar refractivity (Wildman–Crippen MR) is 162 cm³/mol. The number of allylic oxidation sites excluding steroid dienone is 6. The molecule has 40 heavy (non-hydrogen) atoms.